The molecule has 0 aliphatic heterocycles. The standard InChI is InChI=1S/C40H78O7/c1-3-5-7-9-11-13-15-17-19-21-23-25-27-29-31-33-35-39(45,37(41)42)47-40(46,38(43)44)36-34-32-30-28-26-24-22-20-18-16-14-12-10-8-6-4-2/h45-46H,3-36H2,1-2H3,(H,41,42)(H,43,44). The van der Waals surface area contributed by atoms with Gasteiger partial charge in [-0.3, -0.25) is 4.74 Å². The van der Waals surface area contributed by atoms with E-state index in [1.54, 1.807) is 0 Å². The second-order valence-electron chi connectivity index (χ2n) is 14.4. The molecule has 7 heteroatoms. The summed E-state index contributed by atoms with van der Waals surface area (Å²) in [5, 5.41) is 40.6. The second kappa shape index (κ2) is 32.0. The molecule has 0 aromatic rings. The van der Waals surface area contributed by atoms with E-state index in [1.165, 1.54) is 141 Å². The van der Waals surface area contributed by atoms with Crippen molar-refractivity contribution in [2.24, 2.45) is 0 Å². The fourth-order valence-electron chi connectivity index (χ4n) is 6.51. The molecule has 0 aromatic heterocycles. The molecule has 0 radical (unpaired) electrons. The number of carbonyl (C=O) groups is 2. The fraction of sp³-hybridized carbons (Fsp3) is 0.950. The minimum atomic E-state index is -2.72. The van der Waals surface area contributed by atoms with Crippen LogP contribution < -0.4 is 0 Å². The van der Waals surface area contributed by atoms with Crippen molar-refractivity contribution in [3.63, 3.8) is 0 Å². The van der Waals surface area contributed by atoms with Crippen LogP contribution in [0.5, 0.6) is 0 Å². The molecule has 0 saturated carbocycles. The largest absolute Gasteiger partial charge is 0.477 e. The Bertz CT molecular complexity index is 657. The Morgan fingerprint density at radius 3 is 0.702 bits per heavy atom. The maximum absolute atomic E-state index is 11.9. The van der Waals surface area contributed by atoms with Crippen LogP contribution in [-0.2, 0) is 14.3 Å². The molecule has 2 unspecified atom stereocenters. The van der Waals surface area contributed by atoms with Gasteiger partial charge < -0.3 is 20.4 Å². The minimum absolute atomic E-state index is 0.255. The Kier molecular flexibility index (Phi) is 31.2. The lowest BCUT2D eigenvalue weighted by molar-refractivity contribution is -0.321. The highest BCUT2D eigenvalue weighted by Gasteiger charge is 2.49. The summed E-state index contributed by atoms with van der Waals surface area (Å²) in [5.74, 6) is -8.77. The summed E-state index contributed by atoms with van der Waals surface area (Å²) in [7, 11) is 0. The number of aliphatic hydroxyl groups is 2. The molecule has 0 aliphatic rings. The van der Waals surface area contributed by atoms with E-state index in [0.717, 1.165) is 51.4 Å². The quantitative estimate of drug-likeness (QED) is 0.0380. The number of hydrogen-bond acceptors (Lipinski definition) is 5. The van der Waals surface area contributed by atoms with Crippen LogP contribution in [0.25, 0.3) is 0 Å². The van der Waals surface area contributed by atoms with Gasteiger partial charge in [-0.2, -0.15) is 0 Å². The molecule has 0 amide bonds. The Hall–Kier alpha value is -1.18. The Morgan fingerprint density at radius 1 is 0.362 bits per heavy atom. The van der Waals surface area contributed by atoms with Crippen LogP contribution >= 0.6 is 0 Å². The molecule has 0 heterocycles. The topological polar surface area (TPSA) is 124 Å². The van der Waals surface area contributed by atoms with Crippen molar-refractivity contribution in [3.05, 3.63) is 0 Å². The summed E-state index contributed by atoms with van der Waals surface area (Å²) in [4.78, 5) is 23.7. The van der Waals surface area contributed by atoms with E-state index in [4.69, 9.17) is 4.74 Å². The molecule has 2 atom stereocenters. The molecule has 280 valence electrons. The van der Waals surface area contributed by atoms with E-state index in [2.05, 4.69) is 13.8 Å². The van der Waals surface area contributed by atoms with E-state index < -0.39 is 23.5 Å². The first kappa shape index (κ1) is 45.8. The lowest BCUT2D eigenvalue weighted by Gasteiger charge is -2.32. The maximum atomic E-state index is 11.9. The molecule has 0 rings (SSSR count). The molecule has 0 aromatic carbocycles. The van der Waals surface area contributed by atoms with Crippen LogP contribution in [0, 0.1) is 0 Å². The zero-order valence-electron chi connectivity index (χ0n) is 31.1. The number of hydrogen-bond donors (Lipinski definition) is 4. The highest BCUT2D eigenvalue weighted by atomic mass is 16.7. The van der Waals surface area contributed by atoms with E-state index in [0.29, 0.717) is 12.8 Å². The van der Waals surface area contributed by atoms with Gasteiger partial charge in [0.15, 0.2) is 0 Å². The van der Waals surface area contributed by atoms with Gasteiger partial charge in [-0.15, -0.1) is 0 Å². The maximum Gasteiger partial charge on any atom is 0.364 e. The lowest BCUT2D eigenvalue weighted by Crippen LogP contribution is -2.53. The molecule has 0 bridgehead atoms. The summed E-state index contributed by atoms with van der Waals surface area (Å²) in [6.45, 7) is 4.50. The summed E-state index contributed by atoms with van der Waals surface area (Å²) < 4.78 is 5.11. The monoisotopic (exact) mass is 671 g/mol. The van der Waals surface area contributed by atoms with Crippen molar-refractivity contribution in [3.8, 4) is 0 Å². The number of carboxylic acids is 2. The molecule has 0 fully saturated rings. The predicted molar refractivity (Wildman–Crippen MR) is 195 cm³/mol. The third-order valence-corrected chi connectivity index (χ3v) is 9.74. The average Bonchev–Trinajstić information content (AvgIpc) is 3.04. The van der Waals surface area contributed by atoms with Crippen molar-refractivity contribution in [1.82, 2.24) is 0 Å². The van der Waals surface area contributed by atoms with Crippen molar-refractivity contribution in [2.45, 2.75) is 244 Å². The smallest absolute Gasteiger partial charge is 0.364 e. The van der Waals surface area contributed by atoms with Gasteiger partial charge in [0.2, 0.25) is 0 Å². The van der Waals surface area contributed by atoms with Crippen molar-refractivity contribution >= 4 is 11.9 Å². The fourth-order valence-corrected chi connectivity index (χ4v) is 6.51. The van der Waals surface area contributed by atoms with Gasteiger partial charge in [-0.25, -0.2) is 9.59 Å². The van der Waals surface area contributed by atoms with Gasteiger partial charge >= 0.3 is 11.9 Å². The first-order valence-corrected chi connectivity index (χ1v) is 20.3. The molecule has 47 heavy (non-hydrogen) atoms. The molecule has 7 nitrogen and oxygen atoms in total. The predicted octanol–water partition coefficient (Wildman–Crippen LogP) is 11.9. The van der Waals surface area contributed by atoms with Crippen LogP contribution in [-0.4, -0.2) is 43.9 Å². The number of ether oxygens (including phenoxy) is 1. The number of unbranched alkanes of at least 4 members (excludes halogenated alkanes) is 30. The Labute approximate surface area is 290 Å². The van der Waals surface area contributed by atoms with E-state index >= 15 is 0 Å². The number of rotatable bonds is 38. The van der Waals surface area contributed by atoms with Gasteiger partial charge in [-0.05, 0) is 12.8 Å². The average molecular weight is 671 g/mol. The highest BCUT2D eigenvalue weighted by molar-refractivity contribution is 5.78. The summed E-state index contributed by atoms with van der Waals surface area (Å²) in [6.07, 6.45) is 37.1. The third kappa shape index (κ3) is 27.3. The lowest BCUT2D eigenvalue weighted by atomic mass is 10.0. The molecular weight excluding hydrogens is 592 g/mol. The van der Waals surface area contributed by atoms with E-state index in [-0.39, 0.29) is 12.8 Å². The first-order chi connectivity index (χ1) is 22.7. The van der Waals surface area contributed by atoms with Crippen LogP contribution in [0.1, 0.15) is 232 Å². The van der Waals surface area contributed by atoms with Gasteiger partial charge in [0, 0.05) is 12.8 Å². The van der Waals surface area contributed by atoms with Gasteiger partial charge in [0.05, 0.1) is 0 Å². The molecular formula is C40H78O7. The number of aliphatic carboxylic acids is 2. The highest BCUT2D eigenvalue weighted by Crippen LogP contribution is 2.28. The molecule has 0 aliphatic carbocycles. The summed E-state index contributed by atoms with van der Waals surface area (Å²) in [5.41, 5.74) is 0. The molecule has 0 saturated heterocycles. The van der Waals surface area contributed by atoms with Crippen LogP contribution in [0.3, 0.4) is 0 Å². The molecule has 4 N–H and O–H groups in total. The Morgan fingerprint density at radius 2 is 0.532 bits per heavy atom. The normalized spacial score (nSPS) is 14.2. The zero-order chi connectivity index (χ0) is 34.9. The van der Waals surface area contributed by atoms with Gasteiger partial charge in [0.25, 0.3) is 11.6 Å². The van der Waals surface area contributed by atoms with Crippen LogP contribution in [0.2, 0.25) is 0 Å². The summed E-state index contributed by atoms with van der Waals surface area (Å²) in [6, 6.07) is 0. The van der Waals surface area contributed by atoms with Gasteiger partial charge in [-0.1, -0.05) is 206 Å². The van der Waals surface area contributed by atoms with Crippen molar-refractivity contribution < 1.29 is 34.8 Å². The zero-order valence-corrected chi connectivity index (χ0v) is 31.1. The second-order valence-corrected chi connectivity index (χ2v) is 14.4. The minimum Gasteiger partial charge on any atom is -0.477 e. The SMILES string of the molecule is CCCCCCCCCCCCCCCCCCC(O)(OC(O)(CCCCCCCCCCCCCCCCCC)C(=O)O)C(=O)O. The van der Waals surface area contributed by atoms with E-state index in [9.17, 15) is 30.0 Å². The Balaban J connectivity index is 4.01. The third-order valence-electron chi connectivity index (χ3n) is 9.74. The number of carboxylic acid groups (broad SMARTS) is 2. The summed E-state index contributed by atoms with van der Waals surface area (Å²) >= 11 is 0. The first-order valence-electron chi connectivity index (χ1n) is 20.3. The van der Waals surface area contributed by atoms with Crippen molar-refractivity contribution in [2.75, 3.05) is 0 Å². The van der Waals surface area contributed by atoms with Gasteiger partial charge in [0.1, 0.15) is 0 Å². The van der Waals surface area contributed by atoms with Crippen LogP contribution in [0.4, 0.5) is 0 Å². The van der Waals surface area contributed by atoms with Crippen molar-refractivity contribution in [1.29, 1.82) is 0 Å². The van der Waals surface area contributed by atoms with E-state index in [1.807, 2.05) is 0 Å². The van der Waals surface area contributed by atoms with Crippen LogP contribution in [0.15, 0.2) is 0 Å². The molecule has 0 spiro atoms.